The van der Waals surface area contributed by atoms with Gasteiger partial charge in [-0.05, 0) is 35.5 Å². The van der Waals surface area contributed by atoms with Crippen LogP contribution in [0.5, 0.6) is 0 Å². The fourth-order valence-electron chi connectivity index (χ4n) is 5.71. The Morgan fingerprint density at radius 3 is 2.39 bits per heavy atom. The third-order valence-corrected chi connectivity index (χ3v) is 8.72. The summed E-state index contributed by atoms with van der Waals surface area (Å²) in [6.45, 7) is 4.19. The molecule has 5 heteroatoms. The maximum absolute atomic E-state index is 13.9. The maximum Gasteiger partial charge on any atom is 0.195 e. The van der Waals surface area contributed by atoms with E-state index in [2.05, 4.69) is 18.6 Å². The Morgan fingerprint density at radius 2 is 1.71 bits per heavy atom. The smallest absolute Gasteiger partial charge is 0.195 e. The molecular weight excluding hydrogens is 406 g/mol. The van der Waals surface area contributed by atoms with Gasteiger partial charge in [0.1, 0.15) is 5.75 Å². The number of nitrogens with one attached hydrogen (secondary N) is 1. The number of carbonyl (C=O) groups excluding carboxylic acids is 2. The van der Waals surface area contributed by atoms with E-state index in [1.165, 1.54) is 0 Å². The van der Waals surface area contributed by atoms with Gasteiger partial charge in [0.15, 0.2) is 11.6 Å². The van der Waals surface area contributed by atoms with Crippen molar-refractivity contribution in [3.8, 4) is 0 Å². The van der Waals surface area contributed by atoms with Gasteiger partial charge in [-0.2, -0.15) is 0 Å². The molecule has 1 aliphatic heterocycles. The van der Waals surface area contributed by atoms with Gasteiger partial charge in [0, 0.05) is 11.5 Å². The van der Waals surface area contributed by atoms with Crippen LogP contribution in [-0.4, -0.2) is 21.9 Å². The van der Waals surface area contributed by atoms with E-state index in [0.29, 0.717) is 22.5 Å². The Hall–Kier alpha value is -2.63. The van der Waals surface area contributed by atoms with Gasteiger partial charge in [-0.3, -0.25) is 9.59 Å². The topological polar surface area (TPSA) is 69.2 Å². The zero-order valence-corrected chi connectivity index (χ0v) is 18.5. The zero-order chi connectivity index (χ0) is 21.8. The van der Waals surface area contributed by atoms with Gasteiger partial charge < -0.3 is 4.55 Å². The second-order valence-corrected chi connectivity index (χ2v) is 10.4. The first-order chi connectivity index (χ1) is 14.8. The van der Waals surface area contributed by atoms with Crippen LogP contribution in [0.4, 0.5) is 0 Å². The summed E-state index contributed by atoms with van der Waals surface area (Å²) in [4.78, 5) is 27.4. The SMILES string of the molecule is CC1(C)C2CCC13C[S+]([O-])N/C3=C(C(=O)c1ccccc1)/C(c1ccccc1)=C\C2=O. The van der Waals surface area contributed by atoms with Crippen molar-refractivity contribution < 1.29 is 14.1 Å². The van der Waals surface area contributed by atoms with Crippen molar-refractivity contribution in [1.82, 2.24) is 4.72 Å². The molecule has 1 spiro atoms. The number of Topliss-reactive ketones (excluding diaryl/α,β-unsaturated/α-hetero) is 1. The van der Waals surface area contributed by atoms with Gasteiger partial charge in [0.05, 0.1) is 28.0 Å². The van der Waals surface area contributed by atoms with Crippen LogP contribution >= 0.6 is 0 Å². The van der Waals surface area contributed by atoms with Gasteiger partial charge in [-0.15, -0.1) is 0 Å². The lowest BCUT2D eigenvalue weighted by Crippen LogP contribution is -2.43. The van der Waals surface area contributed by atoms with Crippen molar-refractivity contribution in [3.63, 3.8) is 0 Å². The number of benzene rings is 2. The number of rotatable bonds is 3. The molecule has 3 atom stereocenters. The molecule has 2 aromatic rings. The molecule has 5 rings (SSSR count). The molecule has 0 aromatic heterocycles. The Balaban J connectivity index is 1.84. The summed E-state index contributed by atoms with van der Waals surface area (Å²) in [5, 5.41) is 0. The molecule has 2 aliphatic carbocycles. The van der Waals surface area contributed by atoms with Gasteiger partial charge in [-0.1, -0.05) is 74.5 Å². The molecule has 31 heavy (non-hydrogen) atoms. The molecule has 4 nitrogen and oxygen atoms in total. The molecule has 2 fully saturated rings. The molecule has 2 aromatic carbocycles. The molecule has 0 radical (unpaired) electrons. The largest absolute Gasteiger partial charge is 0.593 e. The monoisotopic (exact) mass is 431 g/mol. The van der Waals surface area contributed by atoms with Gasteiger partial charge >= 0.3 is 0 Å². The van der Waals surface area contributed by atoms with Gasteiger partial charge in [0.2, 0.25) is 0 Å². The quantitative estimate of drug-likeness (QED) is 0.575. The van der Waals surface area contributed by atoms with E-state index in [1.54, 1.807) is 18.2 Å². The summed E-state index contributed by atoms with van der Waals surface area (Å²) in [6, 6.07) is 18.7. The van der Waals surface area contributed by atoms with Crippen molar-refractivity contribution >= 4 is 28.5 Å². The molecule has 1 saturated heterocycles. The third kappa shape index (κ3) is 2.94. The fraction of sp³-hybridized carbons (Fsp3) is 0.308. The molecule has 1 N–H and O–H groups in total. The Morgan fingerprint density at radius 1 is 1.06 bits per heavy atom. The highest BCUT2D eigenvalue weighted by molar-refractivity contribution is 7.90. The predicted octanol–water partition coefficient (Wildman–Crippen LogP) is 4.48. The first kappa shape index (κ1) is 20.3. The number of fused-ring (bicyclic) bond motifs is 1. The highest BCUT2D eigenvalue weighted by Gasteiger charge is 2.65. The van der Waals surface area contributed by atoms with E-state index in [0.717, 1.165) is 24.1 Å². The van der Waals surface area contributed by atoms with E-state index in [1.807, 2.05) is 48.5 Å². The van der Waals surface area contributed by atoms with Crippen LogP contribution in [0.1, 0.15) is 42.6 Å². The molecule has 3 unspecified atom stereocenters. The Kier molecular flexibility index (Phi) is 4.72. The second-order valence-electron chi connectivity index (χ2n) is 9.26. The fourth-order valence-corrected chi connectivity index (χ4v) is 7.41. The minimum atomic E-state index is -1.29. The van der Waals surface area contributed by atoms with Crippen LogP contribution < -0.4 is 4.72 Å². The standard InChI is InChI=1S/C26H25NO3S/c1-25(2)20-13-14-26(25)16-31(30)27-24(26)22(23(29)18-11-7-4-8-12-18)19(15-21(20)28)17-9-5-3-6-10-17/h3-12,15,20,27H,13-14,16H2,1-2H3/b19-15-,24-22-. The average Bonchev–Trinajstić information content (AvgIpc) is 3.25. The second kappa shape index (κ2) is 7.21. The summed E-state index contributed by atoms with van der Waals surface area (Å²) in [6.07, 6.45) is 3.13. The van der Waals surface area contributed by atoms with E-state index in [4.69, 9.17) is 0 Å². The van der Waals surface area contributed by atoms with Crippen LogP contribution in [-0.2, 0) is 16.2 Å². The van der Waals surface area contributed by atoms with Crippen LogP contribution in [0.15, 0.2) is 78.0 Å². The molecule has 1 heterocycles. The molecule has 3 aliphatic rings. The first-order valence-corrected chi connectivity index (χ1v) is 12.0. The summed E-state index contributed by atoms with van der Waals surface area (Å²) >= 11 is -1.29. The van der Waals surface area contributed by atoms with Crippen LogP contribution in [0, 0.1) is 16.7 Å². The minimum Gasteiger partial charge on any atom is -0.593 e. The summed E-state index contributed by atoms with van der Waals surface area (Å²) in [7, 11) is 0. The maximum atomic E-state index is 13.9. The number of carbonyl (C=O) groups is 2. The van der Waals surface area contributed by atoms with E-state index < -0.39 is 22.2 Å². The first-order valence-electron chi connectivity index (χ1n) is 10.7. The summed E-state index contributed by atoms with van der Waals surface area (Å²) in [5.74, 6) is 0.167. The lowest BCUT2D eigenvalue weighted by molar-refractivity contribution is -0.121. The molecular formula is C26H25NO3S. The lowest BCUT2D eigenvalue weighted by atomic mass is 9.60. The predicted molar refractivity (Wildman–Crippen MR) is 122 cm³/mol. The molecule has 158 valence electrons. The van der Waals surface area contributed by atoms with E-state index in [9.17, 15) is 14.1 Å². The normalized spacial score (nSPS) is 33.0. The van der Waals surface area contributed by atoms with Crippen molar-refractivity contribution in [3.05, 3.63) is 89.1 Å². The Labute approximate surface area is 185 Å². The lowest BCUT2D eigenvalue weighted by Gasteiger charge is -2.40. The van der Waals surface area contributed by atoms with Gasteiger partial charge in [0.25, 0.3) is 0 Å². The minimum absolute atomic E-state index is 0.0517. The molecule has 2 bridgehead atoms. The highest BCUT2D eigenvalue weighted by atomic mass is 32.2. The molecule has 1 saturated carbocycles. The van der Waals surface area contributed by atoms with Crippen molar-refractivity contribution in [2.45, 2.75) is 26.7 Å². The van der Waals surface area contributed by atoms with Crippen LogP contribution in [0.25, 0.3) is 5.57 Å². The molecule has 0 amide bonds. The highest BCUT2D eigenvalue weighted by Crippen LogP contribution is 2.64. The van der Waals surface area contributed by atoms with E-state index in [-0.39, 0.29) is 17.5 Å². The average molecular weight is 432 g/mol. The summed E-state index contributed by atoms with van der Waals surface area (Å²) < 4.78 is 16.1. The number of allylic oxidation sites excluding steroid dienone is 4. The van der Waals surface area contributed by atoms with Crippen molar-refractivity contribution in [2.75, 3.05) is 5.75 Å². The van der Waals surface area contributed by atoms with Crippen LogP contribution in [0.3, 0.4) is 0 Å². The number of ketones is 2. The van der Waals surface area contributed by atoms with Crippen LogP contribution in [0.2, 0.25) is 0 Å². The zero-order valence-electron chi connectivity index (χ0n) is 17.7. The number of hydrogen-bond acceptors (Lipinski definition) is 4. The van der Waals surface area contributed by atoms with E-state index >= 15 is 0 Å². The van der Waals surface area contributed by atoms with Crippen molar-refractivity contribution in [1.29, 1.82) is 0 Å². The third-order valence-electron chi connectivity index (χ3n) is 7.53. The van der Waals surface area contributed by atoms with Gasteiger partial charge in [-0.25, -0.2) is 4.72 Å². The summed E-state index contributed by atoms with van der Waals surface area (Å²) in [5.41, 5.74) is 2.32. The van der Waals surface area contributed by atoms with Crippen molar-refractivity contribution in [2.24, 2.45) is 16.7 Å². The number of hydrogen-bond donors (Lipinski definition) is 1. The Bertz CT molecular complexity index is 1120.